The van der Waals surface area contributed by atoms with Gasteiger partial charge in [-0.05, 0) is 13.0 Å². The lowest BCUT2D eigenvalue weighted by atomic mass is 10.3. The van der Waals surface area contributed by atoms with E-state index in [1.165, 1.54) is 32.7 Å². The Morgan fingerprint density at radius 3 is 2.41 bits per heavy atom. The summed E-state index contributed by atoms with van der Waals surface area (Å²) in [5.41, 5.74) is 5.73. The van der Waals surface area contributed by atoms with E-state index in [-0.39, 0.29) is 0 Å². The smallest absolute Gasteiger partial charge is 0.188 e. The molecular weight excluding hydrogens is 214 g/mol. The maximum absolute atomic E-state index is 5.73. The molecule has 0 unspecified atom stereocenters. The topological polar surface area (TPSA) is 56.9 Å². The van der Waals surface area contributed by atoms with E-state index in [9.17, 15) is 0 Å². The molecule has 1 saturated heterocycles. The van der Waals surface area contributed by atoms with E-state index in [1.807, 2.05) is 0 Å². The van der Waals surface area contributed by atoms with Crippen molar-refractivity contribution in [3.63, 3.8) is 0 Å². The number of rotatable bonds is 6. The molecule has 1 fully saturated rings. The maximum atomic E-state index is 5.73. The van der Waals surface area contributed by atoms with Crippen LogP contribution in [0.4, 0.5) is 0 Å². The van der Waals surface area contributed by atoms with Crippen molar-refractivity contribution < 1.29 is 0 Å². The molecule has 0 aromatic rings. The molecule has 5 nitrogen and oxygen atoms in total. The van der Waals surface area contributed by atoms with Gasteiger partial charge in [-0.3, -0.25) is 9.89 Å². The first-order valence-corrected chi connectivity index (χ1v) is 6.74. The molecule has 0 saturated carbocycles. The summed E-state index contributed by atoms with van der Waals surface area (Å²) in [4.78, 5) is 9.17. The van der Waals surface area contributed by atoms with Crippen molar-refractivity contribution in [2.45, 2.75) is 20.3 Å². The highest BCUT2D eigenvalue weighted by Gasteiger charge is 2.14. The highest BCUT2D eigenvalue weighted by molar-refractivity contribution is 5.77. The molecule has 0 aromatic carbocycles. The van der Waals surface area contributed by atoms with Gasteiger partial charge in [0.2, 0.25) is 0 Å². The standard InChI is InChI=1S/C12H27N5/c1-3-5-14-12(13)15-6-7-17-10-8-16(4-2)9-11-17/h3-11H2,1-2H3,(H3,13,14,15). The van der Waals surface area contributed by atoms with Crippen molar-refractivity contribution in [1.82, 2.24) is 15.1 Å². The van der Waals surface area contributed by atoms with Gasteiger partial charge in [0.15, 0.2) is 5.96 Å². The number of likely N-dealkylation sites (N-methyl/N-ethyl adjacent to an activating group) is 1. The van der Waals surface area contributed by atoms with E-state index in [1.54, 1.807) is 0 Å². The molecule has 0 aliphatic carbocycles. The Morgan fingerprint density at radius 2 is 1.82 bits per heavy atom. The molecule has 1 heterocycles. The van der Waals surface area contributed by atoms with Gasteiger partial charge in [0.1, 0.15) is 0 Å². The fourth-order valence-corrected chi connectivity index (χ4v) is 1.96. The lowest BCUT2D eigenvalue weighted by Gasteiger charge is -2.33. The third-order valence-corrected chi connectivity index (χ3v) is 3.15. The van der Waals surface area contributed by atoms with Crippen LogP contribution in [0.5, 0.6) is 0 Å². The van der Waals surface area contributed by atoms with E-state index in [4.69, 9.17) is 5.73 Å². The van der Waals surface area contributed by atoms with Crippen LogP contribution in [-0.4, -0.2) is 68.1 Å². The van der Waals surface area contributed by atoms with Crippen LogP contribution in [0.2, 0.25) is 0 Å². The summed E-state index contributed by atoms with van der Waals surface area (Å²) in [6.45, 7) is 13.0. The van der Waals surface area contributed by atoms with Crippen LogP contribution in [-0.2, 0) is 0 Å². The Labute approximate surface area is 105 Å². The first-order chi connectivity index (χ1) is 8.26. The molecule has 17 heavy (non-hydrogen) atoms. The van der Waals surface area contributed by atoms with Crippen molar-refractivity contribution >= 4 is 5.96 Å². The molecule has 0 atom stereocenters. The van der Waals surface area contributed by atoms with Gasteiger partial charge in [-0.1, -0.05) is 13.8 Å². The molecule has 0 bridgehead atoms. The zero-order valence-corrected chi connectivity index (χ0v) is 11.3. The minimum absolute atomic E-state index is 0.582. The van der Waals surface area contributed by atoms with Crippen LogP contribution in [0.1, 0.15) is 20.3 Å². The highest BCUT2D eigenvalue weighted by Crippen LogP contribution is 1.99. The minimum Gasteiger partial charge on any atom is -0.370 e. The quantitative estimate of drug-likeness (QED) is 0.505. The molecular formula is C12H27N5. The average Bonchev–Trinajstić information content (AvgIpc) is 2.37. The van der Waals surface area contributed by atoms with Gasteiger partial charge in [-0.15, -0.1) is 0 Å². The number of hydrogen-bond acceptors (Lipinski definition) is 3. The van der Waals surface area contributed by atoms with Crippen LogP contribution in [0.15, 0.2) is 4.99 Å². The van der Waals surface area contributed by atoms with Gasteiger partial charge in [-0.2, -0.15) is 0 Å². The maximum Gasteiger partial charge on any atom is 0.188 e. The summed E-state index contributed by atoms with van der Waals surface area (Å²) in [5.74, 6) is 0.582. The van der Waals surface area contributed by atoms with Crippen molar-refractivity contribution in [3.8, 4) is 0 Å². The number of aliphatic imine (C=N–C) groups is 1. The van der Waals surface area contributed by atoms with Gasteiger partial charge >= 0.3 is 0 Å². The zero-order chi connectivity index (χ0) is 12.5. The summed E-state index contributed by atoms with van der Waals surface area (Å²) >= 11 is 0. The molecule has 0 amide bonds. The van der Waals surface area contributed by atoms with Gasteiger partial charge in [0, 0.05) is 45.8 Å². The monoisotopic (exact) mass is 241 g/mol. The van der Waals surface area contributed by atoms with E-state index in [0.717, 1.165) is 26.1 Å². The van der Waals surface area contributed by atoms with Crippen LogP contribution >= 0.6 is 0 Å². The first kappa shape index (κ1) is 14.3. The zero-order valence-electron chi connectivity index (χ0n) is 11.3. The predicted octanol–water partition coefficient (Wildman–Crippen LogP) is -0.0618. The Hall–Kier alpha value is -0.810. The van der Waals surface area contributed by atoms with E-state index < -0.39 is 0 Å². The lowest BCUT2D eigenvalue weighted by molar-refractivity contribution is 0.139. The van der Waals surface area contributed by atoms with Crippen molar-refractivity contribution in [1.29, 1.82) is 0 Å². The third kappa shape index (κ3) is 5.89. The van der Waals surface area contributed by atoms with Crippen molar-refractivity contribution in [2.75, 3.05) is 52.4 Å². The minimum atomic E-state index is 0.582. The summed E-state index contributed by atoms with van der Waals surface area (Å²) < 4.78 is 0. The van der Waals surface area contributed by atoms with Gasteiger partial charge in [-0.25, -0.2) is 0 Å². The second-order valence-electron chi connectivity index (χ2n) is 4.47. The Kier molecular flexibility index (Phi) is 6.96. The third-order valence-electron chi connectivity index (χ3n) is 3.15. The van der Waals surface area contributed by atoms with Crippen LogP contribution in [0.25, 0.3) is 0 Å². The molecule has 1 aliphatic heterocycles. The number of nitrogens with one attached hydrogen (secondary N) is 1. The molecule has 0 spiro atoms. The van der Waals surface area contributed by atoms with Gasteiger partial charge < -0.3 is 16.0 Å². The SMILES string of the molecule is CCCN=C(N)NCCN1CCN(CC)CC1. The van der Waals surface area contributed by atoms with E-state index >= 15 is 0 Å². The lowest BCUT2D eigenvalue weighted by Crippen LogP contribution is -2.48. The fraction of sp³-hybridized carbons (Fsp3) is 0.917. The van der Waals surface area contributed by atoms with Crippen molar-refractivity contribution in [2.24, 2.45) is 10.7 Å². The molecule has 0 aromatic heterocycles. The normalized spacial score (nSPS) is 19.5. The Balaban J connectivity index is 2.07. The number of guanidine groups is 1. The number of nitrogens with two attached hydrogens (primary N) is 1. The second-order valence-corrected chi connectivity index (χ2v) is 4.47. The number of nitrogens with zero attached hydrogens (tertiary/aromatic N) is 3. The summed E-state index contributed by atoms with van der Waals surface area (Å²) in [7, 11) is 0. The first-order valence-electron chi connectivity index (χ1n) is 6.74. The summed E-state index contributed by atoms with van der Waals surface area (Å²) in [6.07, 6.45) is 1.04. The molecule has 3 N–H and O–H groups in total. The van der Waals surface area contributed by atoms with Crippen LogP contribution in [0, 0.1) is 0 Å². The van der Waals surface area contributed by atoms with E-state index in [0.29, 0.717) is 5.96 Å². The second kappa shape index (κ2) is 8.31. The molecule has 1 aliphatic rings. The fourth-order valence-electron chi connectivity index (χ4n) is 1.96. The largest absolute Gasteiger partial charge is 0.370 e. The predicted molar refractivity (Wildman–Crippen MR) is 73.3 cm³/mol. The van der Waals surface area contributed by atoms with Crippen LogP contribution < -0.4 is 11.1 Å². The van der Waals surface area contributed by atoms with Gasteiger partial charge in [0.25, 0.3) is 0 Å². The Morgan fingerprint density at radius 1 is 1.18 bits per heavy atom. The molecule has 100 valence electrons. The summed E-state index contributed by atoms with van der Waals surface area (Å²) in [5, 5.41) is 3.16. The number of piperazine rings is 1. The number of hydrogen-bond donors (Lipinski definition) is 2. The Bertz CT molecular complexity index is 221. The summed E-state index contributed by atoms with van der Waals surface area (Å²) in [6, 6.07) is 0. The molecule has 0 radical (unpaired) electrons. The molecule has 5 heteroatoms. The average molecular weight is 241 g/mol. The van der Waals surface area contributed by atoms with E-state index in [2.05, 4.69) is 34.0 Å². The highest BCUT2D eigenvalue weighted by atomic mass is 15.3. The molecule has 1 rings (SSSR count). The van der Waals surface area contributed by atoms with Gasteiger partial charge in [0.05, 0.1) is 0 Å². The van der Waals surface area contributed by atoms with Crippen molar-refractivity contribution in [3.05, 3.63) is 0 Å². The van der Waals surface area contributed by atoms with Crippen LogP contribution in [0.3, 0.4) is 0 Å².